The molecule has 4 aliphatic carbocycles. The van der Waals surface area contributed by atoms with Crippen molar-refractivity contribution in [3.63, 3.8) is 0 Å². The number of aliphatic hydroxyl groups is 2. The summed E-state index contributed by atoms with van der Waals surface area (Å²) < 4.78 is 73.3. The van der Waals surface area contributed by atoms with E-state index in [1.165, 1.54) is 20.8 Å². The summed E-state index contributed by atoms with van der Waals surface area (Å²) in [4.78, 5) is 47.7. The van der Waals surface area contributed by atoms with Gasteiger partial charge in [-0.2, -0.15) is 0 Å². The minimum Gasteiger partial charge on any atom is -0.790 e. The first kappa shape index (κ1) is 23.9. The molecule has 2 N–H and O–H groups in total. The van der Waals surface area contributed by atoms with Gasteiger partial charge in [-0.3, -0.25) is 9.59 Å². The number of ketones is 2. The van der Waals surface area contributed by atoms with E-state index in [1.807, 2.05) is 0 Å². The number of aliphatic hydroxyl groups excluding tert-OH is 1. The summed E-state index contributed by atoms with van der Waals surface area (Å²) in [6.07, 6.45) is -3.62. The number of Topliss-reactive ketones (excluding diaryl/α,β-unsaturated/α-hetero) is 1. The zero-order valence-electron chi connectivity index (χ0n) is 24.8. The van der Waals surface area contributed by atoms with Crippen LogP contribution in [0.1, 0.15) is 53.3 Å². The van der Waals surface area contributed by atoms with Gasteiger partial charge in [-0.05, 0) is 56.5 Å². The van der Waals surface area contributed by atoms with Gasteiger partial charge in [-0.15, -0.1) is 0 Å². The molecule has 3 saturated carbocycles. The molecule has 0 radical (unpaired) electrons. The zero-order chi connectivity index (χ0) is 28.4. The van der Waals surface area contributed by atoms with Gasteiger partial charge in [-0.1, -0.05) is 25.5 Å². The SMILES string of the molecule is [2H]C1=C2C([2H])([2H])C[C@H]3[C@@H]4C[C@H](C)[C@](O)(C(=O)C([2H])([2H])OP(=O)([O-])[O-])[C@@]4(C)C[C@H](O)[C@]3(F)[C@@]2(C)C=CC1=O.[Na+].[Na+]. The molecule has 0 amide bonds. The van der Waals surface area contributed by atoms with E-state index in [2.05, 4.69) is 4.52 Å². The van der Waals surface area contributed by atoms with Gasteiger partial charge in [0, 0.05) is 19.5 Å². The predicted molar refractivity (Wildman–Crippen MR) is 106 cm³/mol. The fourth-order valence-electron chi connectivity index (χ4n) is 6.72. The number of alkyl halides is 1. The monoisotopic (exact) mass is 521 g/mol. The van der Waals surface area contributed by atoms with Crippen molar-refractivity contribution in [1.29, 1.82) is 0 Å². The zero-order valence-corrected chi connectivity index (χ0v) is 24.6. The number of carbonyl (C=O) groups is 2. The van der Waals surface area contributed by atoms with Crippen molar-refractivity contribution in [1.82, 2.24) is 0 Å². The molecule has 12 heteroatoms. The Hall–Kier alpha value is 0.780. The number of halogens is 1. The molecule has 0 heterocycles. The van der Waals surface area contributed by atoms with Crippen LogP contribution in [0.3, 0.4) is 0 Å². The van der Waals surface area contributed by atoms with Crippen molar-refractivity contribution in [2.24, 2.45) is 28.6 Å². The number of hydrogen-bond donors (Lipinski definition) is 2. The maximum absolute atomic E-state index is 17.3. The molecule has 0 spiro atoms. The van der Waals surface area contributed by atoms with Gasteiger partial charge in [-0.25, -0.2) is 4.39 Å². The third kappa shape index (κ3) is 4.20. The van der Waals surface area contributed by atoms with Gasteiger partial charge < -0.3 is 29.1 Å². The van der Waals surface area contributed by atoms with E-state index < -0.39 is 103 Å². The molecule has 0 aromatic heterocycles. The van der Waals surface area contributed by atoms with E-state index in [-0.39, 0.29) is 65.5 Å². The van der Waals surface area contributed by atoms with Gasteiger partial charge in [0.1, 0.15) is 12.2 Å². The van der Waals surface area contributed by atoms with Crippen LogP contribution in [0.4, 0.5) is 4.39 Å². The summed E-state index contributed by atoms with van der Waals surface area (Å²) >= 11 is 0. The third-order valence-electron chi connectivity index (χ3n) is 8.36. The van der Waals surface area contributed by atoms with Crippen LogP contribution in [0.2, 0.25) is 0 Å². The summed E-state index contributed by atoms with van der Waals surface area (Å²) in [5.74, 6) is -6.10. The van der Waals surface area contributed by atoms with Crippen molar-refractivity contribution in [2.75, 3.05) is 6.56 Å². The van der Waals surface area contributed by atoms with E-state index >= 15 is 4.39 Å². The average molecular weight is 521 g/mol. The second-order valence-electron chi connectivity index (χ2n) is 9.77. The maximum atomic E-state index is 17.3. The van der Waals surface area contributed by atoms with Crippen molar-refractivity contribution >= 4 is 19.4 Å². The van der Waals surface area contributed by atoms with Crippen LogP contribution in [-0.4, -0.2) is 45.7 Å². The fraction of sp³-hybridized carbons (Fsp3) is 0.727. The standard InChI is InChI=1S/C22H30FO8P.2Na/c1-12-8-16-15-5-4-13-9-14(24)6-7-19(13,2)21(15,23)17(25)10-20(16,3)22(12,27)18(26)11-31-32(28,29)30;;/h6-7,9,12,15-17,25,27H,4-5,8,10-11H2,1-3H3,(H2,28,29,30);;/q;2*+1/p-2/t12-,15-,16-,17-,19-,20-,21-,22-;;/m0../s1/i4D2,9D,11D2;;. The van der Waals surface area contributed by atoms with Crippen molar-refractivity contribution in [2.45, 2.75) is 63.8 Å². The topological polar surface area (TPSA) is 147 Å². The first-order valence-corrected chi connectivity index (χ1v) is 11.8. The first-order chi connectivity index (χ1) is 16.5. The second-order valence-corrected chi connectivity index (χ2v) is 10.8. The van der Waals surface area contributed by atoms with Gasteiger partial charge in [0.2, 0.25) is 0 Å². The average Bonchev–Trinajstić information content (AvgIpc) is 2.92. The second kappa shape index (κ2) is 9.83. The Kier molecular flexibility index (Phi) is 6.90. The Bertz CT molecular complexity index is 1200. The Balaban J connectivity index is 0.00000267. The number of rotatable bonds is 4. The summed E-state index contributed by atoms with van der Waals surface area (Å²) in [6, 6.07) is -0.706. The molecule has 0 bridgehead atoms. The Labute approximate surface area is 249 Å². The number of phosphoric acid groups is 1. The van der Waals surface area contributed by atoms with Crippen LogP contribution in [-0.2, 0) is 18.7 Å². The largest absolute Gasteiger partial charge is 1.00 e. The molecule has 4 aliphatic rings. The molecule has 4 rings (SSSR count). The van der Waals surface area contributed by atoms with Crippen LogP contribution in [0.25, 0.3) is 0 Å². The van der Waals surface area contributed by atoms with Crippen LogP contribution in [0.5, 0.6) is 0 Å². The molecule has 0 aromatic carbocycles. The third-order valence-corrected chi connectivity index (χ3v) is 8.68. The Morgan fingerprint density at radius 2 is 2.03 bits per heavy atom. The molecular weight excluding hydrogens is 488 g/mol. The van der Waals surface area contributed by atoms with E-state index in [9.17, 15) is 34.2 Å². The Morgan fingerprint density at radius 1 is 1.41 bits per heavy atom. The van der Waals surface area contributed by atoms with Gasteiger partial charge >= 0.3 is 59.1 Å². The van der Waals surface area contributed by atoms with E-state index in [0.717, 1.165) is 12.2 Å². The number of phosphoric ester groups is 1. The maximum Gasteiger partial charge on any atom is 1.00 e. The molecular formula is C22H28FNa2O8P. The van der Waals surface area contributed by atoms with Gasteiger partial charge in [0.15, 0.2) is 17.2 Å². The molecule has 0 aromatic rings. The molecule has 34 heavy (non-hydrogen) atoms. The van der Waals surface area contributed by atoms with Gasteiger partial charge in [0.25, 0.3) is 0 Å². The summed E-state index contributed by atoms with van der Waals surface area (Å²) in [5.41, 5.74) is -9.47. The van der Waals surface area contributed by atoms with Crippen molar-refractivity contribution < 1.29 is 109 Å². The van der Waals surface area contributed by atoms with Crippen LogP contribution < -0.4 is 68.9 Å². The predicted octanol–water partition coefficient (Wildman–Crippen LogP) is -5.24. The quantitative estimate of drug-likeness (QED) is 0.276. The smallest absolute Gasteiger partial charge is 0.790 e. The molecule has 8 nitrogen and oxygen atoms in total. The summed E-state index contributed by atoms with van der Waals surface area (Å²) in [6.45, 7) is 0.192. The molecule has 8 atom stereocenters. The van der Waals surface area contributed by atoms with E-state index in [0.29, 0.717) is 0 Å². The number of hydrogen-bond acceptors (Lipinski definition) is 8. The van der Waals surface area contributed by atoms with Crippen LogP contribution in [0, 0.1) is 28.6 Å². The fourth-order valence-corrected chi connectivity index (χ4v) is 6.92. The Morgan fingerprint density at radius 3 is 2.62 bits per heavy atom. The van der Waals surface area contributed by atoms with E-state index in [1.54, 1.807) is 0 Å². The minimum atomic E-state index is -6.01. The number of fused-ring (bicyclic) bond motifs is 5. The molecule has 0 saturated heterocycles. The van der Waals surface area contributed by atoms with Crippen molar-refractivity contribution in [3.8, 4) is 0 Å². The van der Waals surface area contributed by atoms with Crippen LogP contribution >= 0.6 is 7.82 Å². The van der Waals surface area contributed by atoms with Crippen molar-refractivity contribution in [3.05, 3.63) is 23.8 Å². The number of allylic oxidation sites excluding steroid dienone is 4. The summed E-state index contributed by atoms with van der Waals surface area (Å²) in [7, 11) is -6.01. The molecule has 0 unspecified atom stereocenters. The minimum absolute atomic E-state index is 0. The molecule has 0 aliphatic heterocycles. The normalized spacial score (nSPS) is 49.5. The summed E-state index contributed by atoms with van der Waals surface area (Å²) in [5, 5.41) is 23.0. The van der Waals surface area contributed by atoms with Crippen LogP contribution in [0.15, 0.2) is 23.8 Å². The molecule has 178 valence electrons. The first-order valence-electron chi connectivity index (χ1n) is 12.8. The van der Waals surface area contributed by atoms with E-state index in [4.69, 9.17) is 6.85 Å². The van der Waals surface area contributed by atoms with Gasteiger partial charge in [0.05, 0.1) is 18.0 Å². The number of carbonyl (C=O) groups excluding carboxylic acids is 2. The molecule has 3 fully saturated rings.